The first-order valence-electron chi connectivity index (χ1n) is 5.15. The highest BCUT2D eigenvalue weighted by molar-refractivity contribution is 5.88. The van der Waals surface area contributed by atoms with Gasteiger partial charge in [-0.3, -0.25) is 0 Å². The van der Waals surface area contributed by atoms with Crippen molar-refractivity contribution in [2.24, 2.45) is 5.18 Å². The molecular weight excluding hydrogens is 222 g/mol. The van der Waals surface area contributed by atoms with Crippen molar-refractivity contribution in [2.45, 2.75) is 13.3 Å². The van der Waals surface area contributed by atoms with Crippen LogP contribution in [0.4, 0.5) is 0 Å². The smallest absolute Gasteiger partial charge is 0.364 e. The average molecular weight is 235 g/mol. The lowest BCUT2D eigenvalue weighted by Gasteiger charge is -2.04. The molecule has 0 bridgehead atoms. The molecule has 0 aliphatic carbocycles. The summed E-state index contributed by atoms with van der Waals surface area (Å²) in [6, 6.07) is 8.95. The monoisotopic (exact) mass is 235 g/mol. The van der Waals surface area contributed by atoms with Crippen LogP contribution in [0.5, 0.6) is 0 Å². The number of nitrogens with zero attached hydrogens (tertiary/aromatic N) is 1. The number of aliphatic hydroxyl groups is 1. The van der Waals surface area contributed by atoms with Crippen LogP contribution in [0.2, 0.25) is 0 Å². The second kappa shape index (κ2) is 6.42. The summed E-state index contributed by atoms with van der Waals surface area (Å²) in [5.41, 5.74) is 0.200. The lowest BCUT2D eigenvalue weighted by atomic mass is 10.1. The first kappa shape index (κ1) is 12.9. The molecule has 17 heavy (non-hydrogen) atoms. The van der Waals surface area contributed by atoms with E-state index in [4.69, 9.17) is 0 Å². The molecule has 0 radical (unpaired) electrons. The zero-order chi connectivity index (χ0) is 12.7. The third kappa shape index (κ3) is 3.71. The molecule has 0 aliphatic rings. The fraction of sp³-hybridized carbons (Fsp3) is 0.250. The molecular formula is C12H13NO4. The van der Waals surface area contributed by atoms with Crippen molar-refractivity contribution in [2.75, 3.05) is 6.61 Å². The van der Waals surface area contributed by atoms with Crippen LogP contribution >= 0.6 is 0 Å². The maximum absolute atomic E-state index is 11.3. The van der Waals surface area contributed by atoms with Gasteiger partial charge in [0.2, 0.25) is 5.70 Å². The number of nitroso groups, excluding NO2 is 1. The highest BCUT2D eigenvalue weighted by Gasteiger charge is 2.17. The molecule has 0 heterocycles. The standard InChI is InChI=1S/C12H13NO4/c1-2-17-12(15)11(13-16)10(14)8-9-6-4-3-5-7-9/h3-7,14H,2,8H2,1H3/b11-10+. The van der Waals surface area contributed by atoms with Crippen molar-refractivity contribution < 1.29 is 14.6 Å². The van der Waals surface area contributed by atoms with Crippen LogP contribution < -0.4 is 0 Å². The first-order chi connectivity index (χ1) is 8.19. The molecule has 0 fully saturated rings. The highest BCUT2D eigenvalue weighted by Crippen LogP contribution is 2.12. The zero-order valence-corrected chi connectivity index (χ0v) is 9.42. The molecule has 5 nitrogen and oxygen atoms in total. The van der Waals surface area contributed by atoms with Crippen molar-refractivity contribution in [3.63, 3.8) is 0 Å². The minimum Gasteiger partial charge on any atom is -0.509 e. The Hall–Kier alpha value is -2.17. The lowest BCUT2D eigenvalue weighted by molar-refractivity contribution is -0.138. The van der Waals surface area contributed by atoms with Gasteiger partial charge in [0.25, 0.3) is 0 Å². The molecule has 1 rings (SSSR count). The Balaban J connectivity index is 2.86. The largest absolute Gasteiger partial charge is 0.509 e. The van der Waals surface area contributed by atoms with Gasteiger partial charge in [-0.25, -0.2) is 4.79 Å². The summed E-state index contributed by atoms with van der Waals surface area (Å²) in [5.74, 6) is -1.29. The molecule has 0 unspecified atom stereocenters. The quantitative estimate of drug-likeness (QED) is 0.368. The van der Waals surface area contributed by atoms with Crippen LogP contribution in [0.15, 0.2) is 47.0 Å². The van der Waals surface area contributed by atoms with Gasteiger partial charge in [0, 0.05) is 6.42 Å². The normalized spacial score (nSPS) is 11.6. The molecule has 0 aromatic heterocycles. The predicted molar refractivity (Wildman–Crippen MR) is 62.2 cm³/mol. The van der Waals surface area contributed by atoms with Crippen LogP contribution in [0.25, 0.3) is 0 Å². The summed E-state index contributed by atoms with van der Waals surface area (Å²) in [6.07, 6.45) is 0.0702. The van der Waals surface area contributed by atoms with E-state index in [1.165, 1.54) is 0 Å². The van der Waals surface area contributed by atoms with Crippen molar-refractivity contribution in [3.05, 3.63) is 52.3 Å². The molecule has 0 saturated carbocycles. The van der Waals surface area contributed by atoms with Gasteiger partial charge in [-0.15, -0.1) is 4.91 Å². The van der Waals surface area contributed by atoms with E-state index in [-0.39, 0.29) is 18.8 Å². The van der Waals surface area contributed by atoms with E-state index in [1.54, 1.807) is 31.2 Å². The van der Waals surface area contributed by atoms with Gasteiger partial charge in [-0.05, 0) is 17.7 Å². The molecule has 1 aromatic rings. The van der Waals surface area contributed by atoms with Crippen molar-refractivity contribution in [1.29, 1.82) is 0 Å². The first-order valence-corrected chi connectivity index (χ1v) is 5.15. The maximum Gasteiger partial charge on any atom is 0.364 e. The molecule has 1 N–H and O–H groups in total. The van der Waals surface area contributed by atoms with Gasteiger partial charge >= 0.3 is 5.97 Å². The van der Waals surface area contributed by atoms with Crippen LogP contribution in [0.1, 0.15) is 12.5 Å². The van der Waals surface area contributed by atoms with Crippen LogP contribution in [0.3, 0.4) is 0 Å². The van der Waals surface area contributed by atoms with Gasteiger partial charge in [0.05, 0.1) is 6.61 Å². The number of carbonyl (C=O) groups is 1. The van der Waals surface area contributed by atoms with Crippen LogP contribution in [0, 0.1) is 4.91 Å². The van der Waals surface area contributed by atoms with E-state index in [1.807, 2.05) is 6.07 Å². The Bertz CT molecular complexity index is 425. The third-order valence-electron chi connectivity index (χ3n) is 2.05. The fourth-order valence-electron chi connectivity index (χ4n) is 1.28. The van der Waals surface area contributed by atoms with Crippen LogP contribution in [-0.2, 0) is 16.0 Å². The summed E-state index contributed by atoms with van der Waals surface area (Å²) in [5, 5.41) is 12.2. The number of esters is 1. The van der Waals surface area contributed by atoms with E-state index < -0.39 is 11.7 Å². The maximum atomic E-state index is 11.3. The van der Waals surface area contributed by atoms with Gasteiger partial charge in [0.1, 0.15) is 5.76 Å². The molecule has 5 heteroatoms. The molecule has 0 saturated heterocycles. The number of carbonyl (C=O) groups excluding carboxylic acids is 1. The summed E-state index contributed by atoms with van der Waals surface area (Å²) in [6.45, 7) is 1.73. The molecule has 0 atom stereocenters. The summed E-state index contributed by atoms with van der Waals surface area (Å²) >= 11 is 0. The number of aliphatic hydroxyl groups excluding tert-OH is 1. The van der Waals surface area contributed by atoms with E-state index in [2.05, 4.69) is 9.91 Å². The molecule has 0 amide bonds. The minimum absolute atomic E-state index is 0.0702. The summed E-state index contributed by atoms with van der Waals surface area (Å²) in [4.78, 5) is 21.8. The van der Waals surface area contributed by atoms with E-state index in [0.717, 1.165) is 5.56 Å². The Labute approximate surface area is 98.7 Å². The zero-order valence-electron chi connectivity index (χ0n) is 9.42. The summed E-state index contributed by atoms with van der Waals surface area (Å²) < 4.78 is 4.60. The number of hydrogen-bond acceptors (Lipinski definition) is 5. The topological polar surface area (TPSA) is 76.0 Å². The summed E-state index contributed by atoms with van der Waals surface area (Å²) in [7, 11) is 0. The average Bonchev–Trinajstić information content (AvgIpc) is 2.31. The molecule has 90 valence electrons. The van der Waals surface area contributed by atoms with Gasteiger partial charge in [0.15, 0.2) is 0 Å². The Kier molecular flexibility index (Phi) is 4.87. The van der Waals surface area contributed by atoms with E-state index >= 15 is 0 Å². The number of allylic oxidation sites excluding steroid dienone is 1. The minimum atomic E-state index is -0.907. The van der Waals surface area contributed by atoms with Gasteiger partial charge in [-0.2, -0.15) is 0 Å². The molecule has 0 aliphatic heterocycles. The second-order valence-corrected chi connectivity index (χ2v) is 3.27. The second-order valence-electron chi connectivity index (χ2n) is 3.27. The predicted octanol–water partition coefficient (Wildman–Crippen LogP) is 2.33. The van der Waals surface area contributed by atoms with Crippen LogP contribution in [-0.4, -0.2) is 17.7 Å². The van der Waals surface area contributed by atoms with Crippen molar-refractivity contribution >= 4 is 5.97 Å². The van der Waals surface area contributed by atoms with Crippen molar-refractivity contribution in [3.8, 4) is 0 Å². The Morgan fingerprint density at radius 2 is 2.00 bits per heavy atom. The SMILES string of the molecule is CCOC(=O)/C(N=O)=C(\O)Cc1ccccc1. The fourth-order valence-corrected chi connectivity index (χ4v) is 1.28. The Morgan fingerprint density at radius 3 is 2.53 bits per heavy atom. The Morgan fingerprint density at radius 1 is 1.35 bits per heavy atom. The third-order valence-corrected chi connectivity index (χ3v) is 2.05. The van der Waals surface area contributed by atoms with E-state index in [0.29, 0.717) is 0 Å². The van der Waals surface area contributed by atoms with Gasteiger partial charge < -0.3 is 9.84 Å². The van der Waals surface area contributed by atoms with Gasteiger partial charge in [-0.1, -0.05) is 30.3 Å². The number of benzene rings is 1. The number of rotatable bonds is 5. The number of hydrogen-bond donors (Lipinski definition) is 1. The highest BCUT2D eigenvalue weighted by atomic mass is 16.5. The lowest BCUT2D eigenvalue weighted by Crippen LogP contribution is -2.09. The number of ether oxygens (including phenoxy) is 1. The molecule has 0 spiro atoms. The van der Waals surface area contributed by atoms with E-state index in [9.17, 15) is 14.8 Å². The van der Waals surface area contributed by atoms with Crippen molar-refractivity contribution in [1.82, 2.24) is 0 Å². The molecule has 1 aromatic carbocycles.